The number of halogens is 1. The SMILES string of the molecule is CCOc1cc(/C=C2\CCc3ccccc3C2=O)cc(Br)c1OCC(=O)N(C)C. The summed E-state index contributed by atoms with van der Waals surface area (Å²) in [6.07, 6.45) is 3.45. The Bertz CT molecular complexity index is 965. The number of rotatable bonds is 6. The van der Waals surface area contributed by atoms with E-state index in [0.29, 0.717) is 29.0 Å². The summed E-state index contributed by atoms with van der Waals surface area (Å²) in [6.45, 7) is 2.26. The summed E-state index contributed by atoms with van der Waals surface area (Å²) in [5, 5.41) is 0. The Kier molecular flexibility index (Phi) is 6.75. The first kappa shape index (κ1) is 21.1. The van der Waals surface area contributed by atoms with Crippen molar-refractivity contribution in [2.24, 2.45) is 0 Å². The molecule has 0 spiro atoms. The van der Waals surface area contributed by atoms with Crippen molar-refractivity contribution in [2.75, 3.05) is 27.3 Å². The van der Waals surface area contributed by atoms with E-state index in [1.54, 1.807) is 14.1 Å². The zero-order valence-electron chi connectivity index (χ0n) is 16.8. The number of ether oxygens (including phenoxy) is 2. The van der Waals surface area contributed by atoms with Gasteiger partial charge in [0.2, 0.25) is 0 Å². The maximum absolute atomic E-state index is 12.8. The molecule has 1 aliphatic carbocycles. The molecule has 0 bridgehead atoms. The van der Waals surface area contributed by atoms with Gasteiger partial charge in [-0.05, 0) is 65.0 Å². The second-order valence-electron chi connectivity index (χ2n) is 7.00. The van der Waals surface area contributed by atoms with Crippen LogP contribution < -0.4 is 9.47 Å². The Balaban J connectivity index is 1.90. The molecule has 1 amide bonds. The van der Waals surface area contributed by atoms with Gasteiger partial charge in [-0.15, -0.1) is 0 Å². The summed E-state index contributed by atoms with van der Waals surface area (Å²) in [5.41, 5.74) is 3.49. The fraction of sp³-hybridized carbons (Fsp3) is 0.304. The van der Waals surface area contributed by atoms with E-state index in [9.17, 15) is 9.59 Å². The number of likely N-dealkylation sites (N-methyl/N-ethyl adjacent to an activating group) is 1. The molecule has 3 rings (SSSR count). The number of hydrogen-bond acceptors (Lipinski definition) is 4. The lowest BCUT2D eigenvalue weighted by Crippen LogP contribution is -2.27. The van der Waals surface area contributed by atoms with E-state index < -0.39 is 0 Å². The van der Waals surface area contributed by atoms with Crippen molar-refractivity contribution in [3.8, 4) is 11.5 Å². The predicted octanol–water partition coefficient (Wildman–Crippen LogP) is 4.53. The van der Waals surface area contributed by atoms with Gasteiger partial charge >= 0.3 is 0 Å². The van der Waals surface area contributed by atoms with Crippen molar-refractivity contribution >= 4 is 33.7 Å². The number of allylic oxidation sites excluding steroid dienone is 1. The second kappa shape index (κ2) is 9.27. The van der Waals surface area contributed by atoms with Crippen LogP contribution in [0.15, 0.2) is 46.4 Å². The monoisotopic (exact) mass is 457 g/mol. The number of benzene rings is 2. The fourth-order valence-electron chi connectivity index (χ4n) is 3.19. The van der Waals surface area contributed by atoms with Gasteiger partial charge in [0.05, 0.1) is 11.1 Å². The topological polar surface area (TPSA) is 55.8 Å². The Morgan fingerprint density at radius 3 is 2.66 bits per heavy atom. The Labute approximate surface area is 179 Å². The largest absolute Gasteiger partial charge is 0.490 e. The molecule has 0 N–H and O–H groups in total. The van der Waals surface area contributed by atoms with Gasteiger partial charge < -0.3 is 14.4 Å². The molecule has 1 aliphatic rings. The third-order valence-corrected chi connectivity index (χ3v) is 5.32. The van der Waals surface area contributed by atoms with Crippen molar-refractivity contribution in [3.63, 3.8) is 0 Å². The van der Waals surface area contributed by atoms with Gasteiger partial charge in [0, 0.05) is 25.2 Å². The van der Waals surface area contributed by atoms with E-state index in [1.165, 1.54) is 4.90 Å². The van der Waals surface area contributed by atoms with Gasteiger partial charge in [0.25, 0.3) is 5.91 Å². The number of nitrogens with zero attached hydrogens (tertiary/aromatic N) is 1. The van der Waals surface area contributed by atoms with Crippen LogP contribution in [0.1, 0.15) is 34.8 Å². The van der Waals surface area contributed by atoms with Crippen molar-refractivity contribution in [1.29, 1.82) is 0 Å². The van der Waals surface area contributed by atoms with Crippen LogP contribution in [0.2, 0.25) is 0 Å². The van der Waals surface area contributed by atoms with Gasteiger partial charge in [-0.1, -0.05) is 24.3 Å². The van der Waals surface area contributed by atoms with Gasteiger partial charge in [0.1, 0.15) is 0 Å². The molecule has 29 heavy (non-hydrogen) atoms. The van der Waals surface area contributed by atoms with E-state index >= 15 is 0 Å². The third-order valence-electron chi connectivity index (χ3n) is 4.73. The van der Waals surface area contributed by atoms with E-state index in [0.717, 1.165) is 28.7 Å². The number of aryl methyl sites for hydroxylation is 1. The first-order valence-electron chi connectivity index (χ1n) is 9.53. The molecular weight excluding hydrogens is 434 g/mol. The zero-order chi connectivity index (χ0) is 21.0. The van der Waals surface area contributed by atoms with Crippen LogP contribution in [0.3, 0.4) is 0 Å². The van der Waals surface area contributed by atoms with Gasteiger partial charge in [-0.2, -0.15) is 0 Å². The van der Waals surface area contributed by atoms with Crippen LogP contribution in [0.25, 0.3) is 6.08 Å². The molecule has 0 radical (unpaired) electrons. The molecule has 0 atom stereocenters. The molecular formula is C23H24BrNO4. The molecule has 0 fully saturated rings. The van der Waals surface area contributed by atoms with Crippen LogP contribution in [-0.4, -0.2) is 43.9 Å². The summed E-state index contributed by atoms with van der Waals surface area (Å²) in [5.74, 6) is 0.934. The highest BCUT2D eigenvalue weighted by Gasteiger charge is 2.22. The number of hydrogen-bond donors (Lipinski definition) is 0. The molecule has 0 aliphatic heterocycles. The van der Waals surface area contributed by atoms with Crippen LogP contribution >= 0.6 is 15.9 Å². The smallest absolute Gasteiger partial charge is 0.259 e. The average Bonchev–Trinajstić information content (AvgIpc) is 2.69. The summed E-state index contributed by atoms with van der Waals surface area (Å²) < 4.78 is 12.1. The summed E-state index contributed by atoms with van der Waals surface area (Å²) >= 11 is 3.52. The molecule has 0 saturated heterocycles. The average molecular weight is 458 g/mol. The van der Waals surface area contributed by atoms with Crippen LogP contribution in [-0.2, 0) is 11.2 Å². The molecule has 5 nitrogen and oxygen atoms in total. The highest BCUT2D eigenvalue weighted by molar-refractivity contribution is 9.10. The van der Waals surface area contributed by atoms with Crippen LogP contribution in [0, 0.1) is 0 Å². The first-order valence-corrected chi connectivity index (χ1v) is 10.3. The standard InChI is InChI=1S/C23H24BrNO4/c1-4-28-20-13-15(12-19(24)23(20)29-14-21(26)25(2)3)11-17-10-9-16-7-5-6-8-18(16)22(17)27/h5-8,11-13H,4,9-10,14H2,1-3H3/b17-11+. The highest BCUT2D eigenvalue weighted by atomic mass is 79.9. The van der Waals surface area contributed by atoms with Crippen molar-refractivity contribution in [2.45, 2.75) is 19.8 Å². The molecule has 6 heteroatoms. The van der Waals surface area contributed by atoms with E-state index in [2.05, 4.69) is 15.9 Å². The minimum absolute atomic E-state index is 0.0674. The number of ketones is 1. The van der Waals surface area contributed by atoms with Crippen LogP contribution in [0.4, 0.5) is 0 Å². The lowest BCUT2D eigenvalue weighted by atomic mass is 9.86. The Morgan fingerprint density at radius 2 is 1.93 bits per heavy atom. The van der Waals surface area contributed by atoms with Gasteiger partial charge in [0.15, 0.2) is 23.9 Å². The summed E-state index contributed by atoms with van der Waals surface area (Å²) in [4.78, 5) is 26.2. The Morgan fingerprint density at radius 1 is 1.17 bits per heavy atom. The fourth-order valence-corrected chi connectivity index (χ4v) is 3.77. The molecule has 2 aromatic rings. The number of carbonyl (C=O) groups excluding carboxylic acids is 2. The van der Waals surface area contributed by atoms with Gasteiger partial charge in [-0.25, -0.2) is 0 Å². The van der Waals surface area contributed by atoms with Crippen molar-refractivity contribution < 1.29 is 19.1 Å². The maximum Gasteiger partial charge on any atom is 0.259 e. The molecule has 0 unspecified atom stereocenters. The molecule has 152 valence electrons. The molecule has 0 heterocycles. The van der Waals surface area contributed by atoms with Crippen molar-refractivity contribution in [3.05, 3.63) is 63.1 Å². The van der Waals surface area contributed by atoms with Gasteiger partial charge in [-0.3, -0.25) is 9.59 Å². The number of amides is 1. The second-order valence-corrected chi connectivity index (χ2v) is 7.85. The number of Topliss-reactive ketones (excluding diaryl/α,β-unsaturated/α-hetero) is 1. The third kappa shape index (κ3) is 4.88. The highest BCUT2D eigenvalue weighted by Crippen LogP contribution is 2.38. The van der Waals surface area contributed by atoms with E-state index in [4.69, 9.17) is 9.47 Å². The quantitative estimate of drug-likeness (QED) is 0.598. The lowest BCUT2D eigenvalue weighted by Gasteiger charge is -2.18. The first-order chi connectivity index (χ1) is 13.9. The number of fused-ring (bicyclic) bond motifs is 1. The van der Waals surface area contributed by atoms with E-state index in [-0.39, 0.29) is 18.3 Å². The minimum atomic E-state index is -0.142. The minimum Gasteiger partial charge on any atom is -0.490 e. The van der Waals surface area contributed by atoms with Crippen molar-refractivity contribution in [1.82, 2.24) is 4.90 Å². The summed E-state index contributed by atoms with van der Waals surface area (Å²) in [6, 6.07) is 11.5. The number of carbonyl (C=O) groups is 2. The lowest BCUT2D eigenvalue weighted by molar-refractivity contribution is -0.130. The van der Waals surface area contributed by atoms with Crippen LogP contribution in [0.5, 0.6) is 11.5 Å². The van der Waals surface area contributed by atoms with E-state index in [1.807, 2.05) is 49.4 Å². The maximum atomic E-state index is 12.8. The zero-order valence-corrected chi connectivity index (χ0v) is 18.4. The normalized spacial score (nSPS) is 14.5. The molecule has 0 aromatic heterocycles. The summed E-state index contributed by atoms with van der Waals surface area (Å²) in [7, 11) is 3.36. The molecule has 2 aromatic carbocycles. The Hall–Kier alpha value is -2.60. The predicted molar refractivity (Wildman–Crippen MR) is 117 cm³/mol. The molecule has 0 saturated carbocycles.